The highest BCUT2D eigenvalue weighted by molar-refractivity contribution is 6.31. The summed E-state index contributed by atoms with van der Waals surface area (Å²) < 4.78 is 0. The zero-order valence-electron chi connectivity index (χ0n) is 20.7. The standard InChI is InChI=1S/C26H35ClN4O3/c1-6-31(21-9-7-20(8-10-21)30-18(5)32)24-13-19(27)12-22(17(24)4)25(33)28-14-23-15(2)11-16(3)29-26(23)34/h11-13,20-21,23H,6-10,14H2,1-5H3,(H,28,33)(H,30,32). The van der Waals surface area contributed by atoms with E-state index in [1.807, 2.05) is 26.0 Å². The molecule has 1 aliphatic carbocycles. The molecule has 3 rings (SSSR count). The van der Waals surface area contributed by atoms with Gasteiger partial charge >= 0.3 is 0 Å². The number of hydrogen-bond donors (Lipinski definition) is 2. The SMILES string of the molecule is CCN(c1cc(Cl)cc(C(=O)NCC2C(=O)N=C(C)C=C2C)c1C)C1CCC(NC(C)=O)CC1. The number of rotatable bonds is 7. The van der Waals surface area contributed by atoms with Crippen molar-refractivity contribution in [2.45, 2.75) is 72.4 Å². The molecule has 1 aliphatic heterocycles. The summed E-state index contributed by atoms with van der Waals surface area (Å²) in [5.41, 5.74) is 3.91. The molecule has 0 saturated heterocycles. The molecule has 1 heterocycles. The van der Waals surface area contributed by atoms with Crippen LogP contribution in [0.5, 0.6) is 0 Å². The summed E-state index contributed by atoms with van der Waals surface area (Å²) in [7, 11) is 0. The Morgan fingerprint density at radius 1 is 1.15 bits per heavy atom. The summed E-state index contributed by atoms with van der Waals surface area (Å²) in [5, 5.41) is 6.44. The number of anilines is 1. The first-order valence-corrected chi connectivity index (χ1v) is 12.4. The molecule has 0 aromatic heterocycles. The van der Waals surface area contributed by atoms with E-state index in [1.165, 1.54) is 0 Å². The maximum Gasteiger partial charge on any atom is 0.254 e. The van der Waals surface area contributed by atoms with Crippen LogP contribution in [0.1, 0.15) is 69.3 Å². The maximum absolute atomic E-state index is 13.1. The van der Waals surface area contributed by atoms with Gasteiger partial charge < -0.3 is 15.5 Å². The Labute approximate surface area is 207 Å². The monoisotopic (exact) mass is 486 g/mol. The number of carbonyl (C=O) groups excluding carboxylic acids is 3. The molecule has 0 spiro atoms. The topological polar surface area (TPSA) is 90.9 Å². The van der Waals surface area contributed by atoms with Gasteiger partial charge in [0, 0.05) is 54.1 Å². The van der Waals surface area contributed by atoms with Gasteiger partial charge in [-0.2, -0.15) is 0 Å². The third-order valence-corrected chi connectivity index (χ3v) is 7.04. The molecule has 1 atom stereocenters. The number of benzene rings is 1. The second-order valence-corrected chi connectivity index (χ2v) is 9.77. The number of amides is 3. The molecule has 1 fully saturated rings. The smallest absolute Gasteiger partial charge is 0.254 e. The van der Waals surface area contributed by atoms with Crippen LogP contribution in [0, 0.1) is 12.8 Å². The van der Waals surface area contributed by atoms with Crippen LogP contribution in [0.4, 0.5) is 5.69 Å². The maximum atomic E-state index is 13.1. The van der Waals surface area contributed by atoms with Gasteiger partial charge in [-0.25, -0.2) is 4.99 Å². The molecule has 7 nitrogen and oxygen atoms in total. The van der Waals surface area contributed by atoms with Crippen molar-refractivity contribution in [1.82, 2.24) is 10.6 Å². The van der Waals surface area contributed by atoms with Gasteiger partial charge in [0.05, 0.1) is 5.92 Å². The van der Waals surface area contributed by atoms with Gasteiger partial charge in [0.15, 0.2) is 0 Å². The molecule has 8 heteroatoms. The van der Waals surface area contributed by atoms with E-state index < -0.39 is 5.92 Å². The largest absolute Gasteiger partial charge is 0.369 e. The lowest BCUT2D eigenvalue weighted by molar-refractivity contribution is -0.121. The minimum atomic E-state index is -0.447. The van der Waals surface area contributed by atoms with Crippen molar-refractivity contribution in [3.05, 3.63) is 39.9 Å². The molecule has 0 bridgehead atoms. The van der Waals surface area contributed by atoms with Crippen molar-refractivity contribution in [1.29, 1.82) is 0 Å². The fraction of sp³-hybridized carbons (Fsp3) is 0.538. The molecule has 1 aromatic carbocycles. The van der Waals surface area contributed by atoms with Crippen molar-refractivity contribution >= 4 is 40.7 Å². The molecule has 1 aromatic rings. The third-order valence-electron chi connectivity index (χ3n) is 6.82. The van der Waals surface area contributed by atoms with Crippen molar-refractivity contribution in [3.63, 3.8) is 0 Å². The number of dihydropyridines is 1. The van der Waals surface area contributed by atoms with E-state index in [9.17, 15) is 14.4 Å². The van der Waals surface area contributed by atoms with Gasteiger partial charge in [0.2, 0.25) is 5.91 Å². The molecule has 0 radical (unpaired) electrons. The van der Waals surface area contributed by atoms with Gasteiger partial charge in [0.25, 0.3) is 11.8 Å². The van der Waals surface area contributed by atoms with Crippen molar-refractivity contribution in [2.24, 2.45) is 10.9 Å². The lowest BCUT2D eigenvalue weighted by Crippen LogP contribution is -2.44. The van der Waals surface area contributed by atoms with Crippen LogP contribution in [-0.2, 0) is 9.59 Å². The zero-order chi connectivity index (χ0) is 25.0. The van der Waals surface area contributed by atoms with E-state index in [0.717, 1.165) is 49.1 Å². The van der Waals surface area contributed by atoms with Crippen LogP contribution < -0.4 is 15.5 Å². The Morgan fingerprint density at radius 3 is 2.41 bits per heavy atom. The molecule has 3 amide bonds. The average molecular weight is 487 g/mol. The lowest BCUT2D eigenvalue weighted by atomic mass is 9.89. The average Bonchev–Trinajstić information content (AvgIpc) is 2.76. The van der Waals surface area contributed by atoms with Crippen LogP contribution in [0.2, 0.25) is 5.02 Å². The number of hydrogen-bond acceptors (Lipinski definition) is 4. The fourth-order valence-corrected chi connectivity index (χ4v) is 5.30. The van der Waals surface area contributed by atoms with Crippen LogP contribution in [0.25, 0.3) is 0 Å². The highest BCUT2D eigenvalue weighted by atomic mass is 35.5. The quantitative estimate of drug-likeness (QED) is 0.603. The zero-order valence-corrected chi connectivity index (χ0v) is 21.5. The fourth-order valence-electron chi connectivity index (χ4n) is 5.09. The van der Waals surface area contributed by atoms with Crippen molar-refractivity contribution < 1.29 is 14.4 Å². The minimum Gasteiger partial charge on any atom is -0.369 e. The summed E-state index contributed by atoms with van der Waals surface area (Å²) >= 11 is 6.46. The van der Waals surface area contributed by atoms with Gasteiger partial charge in [0.1, 0.15) is 0 Å². The Hall–Kier alpha value is -2.67. The first kappa shape index (κ1) is 25.9. The van der Waals surface area contributed by atoms with Gasteiger partial charge in [-0.3, -0.25) is 14.4 Å². The molecule has 2 aliphatic rings. The van der Waals surface area contributed by atoms with Crippen LogP contribution in [0.3, 0.4) is 0 Å². The van der Waals surface area contributed by atoms with Crippen LogP contribution in [-0.4, -0.2) is 48.6 Å². The molecule has 184 valence electrons. The summed E-state index contributed by atoms with van der Waals surface area (Å²) in [6.45, 7) is 10.3. The van der Waals surface area contributed by atoms with Crippen molar-refractivity contribution in [3.8, 4) is 0 Å². The molecule has 1 unspecified atom stereocenters. The summed E-state index contributed by atoms with van der Waals surface area (Å²) in [6, 6.07) is 4.15. The number of aliphatic imine (C=N–C) groups is 1. The second kappa shape index (κ2) is 11.2. The lowest BCUT2D eigenvalue weighted by Gasteiger charge is -2.39. The first-order valence-electron chi connectivity index (χ1n) is 12.0. The number of nitrogens with one attached hydrogen (secondary N) is 2. The van der Waals surface area contributed by atoms with E-state index >= 15 is 0 Å². The predicted molar refractivity (Wildman–Crippen MR) is 137 cm³/mol. The second-order valence-electron chi connectivity index (χ2n) is 9.33. The highest BCUT2D eigenvalue weighted by Gasteiger charge is 2.28. The Bertz CT molecular complexity index is 1030. The molecule has 1 saturated carbocycles. The van der Waals surface area contributed by atoms with Crippen LogP contribution in [0.15, 0.2) is 28.8 Å². The van der Waals surface area contributed by atoms with Crippen LogP contribution >= 0.6 is 11.6 Å². The Balaban J connectivity index is 1.74. The Morgan fingerprint density at radius 2 is 1.82 bits per heavy atom. The third kappa shape index (κ3) is 6.06. The Kier molecular flexibility index (Phi) is 8.52. The van der Waals surface area contributed by atoms with E-state index in [1.54, 1.807) is 19.9 Å². The van der Waals surface area contributed by atoms with Gasteiger partial charge in [-0.05, 0) is 77.2 Å². The number of nitrogens with zero attached hydrogens (tertiary/aromatic N) is 2. The molecular weight excluding hydrogens is 452 g/mol. The summed E-state index contributed by atoms with van der Waals surface area (Å²) in [6.07, 6.45) is 5.65. The van der Waals surface area contributed by atoms with E-state index in [-0.39, 0.29) is 30.3 Å². The summed E-state index contributed by atoms with van der Waals surface area (Å²) in [4.78, 5) is 43.1. The van der Waals surface area contributed by atoms with E-state index in [0.29, 0.717) is 22.3 Å². The normalized spacial score (nSPS) is 22.5. The number of carbonyl (C=O) groups is 3. The molecule has 34 heavy (non-hydrogen) atoms. The van der Waals surface area contributed by atoms with Gasteiger partial charge in [-0.15, -0.1) is 0 Å². The van der Waals surface area contributed by atoms with E-state index in [4.69, 9.17) is 11.6 Å². The minimum absolute atomic E-state index is 0.0136. The first-order chi connectivity index (χ1) is 16.1. The number of halogens is 1. The summed E-state index contributed by atoms with van der Waals surface area (Å²) in [5.74, 6) is -0.913. The number of allylic oxidation sites excluding steroid dienone is 1. The van der Waals surface area contributed by atoms with E-state index in [2.05, 4.69) is 27.4 Å². The molecule has 2 N–H and O–H groups in total. The highest BCUT2D eigenvalue weighted by Crippen LogP contribution is 2.33. The predicted octanol–water partition coefficient (Wildman–Crippen LogP) is 4.22. The van der Waals surface area contributed by atoms with Crippen molar-refractivity contribution in [2.75, 3.05) is 18.0 Å². The molecular formula is C26H35ClN4O3. The van der Waals surface area contributed by atoms with Gasteiger partial charge in [-0.1, -0.05) is 17.2 Å².